The summed E-state index contributed by atoms with van der Waals surface area (Å²) >= 11 is 3.38. The predicted molar refractivity (Wildman–Crippen MR) is 110 cm³/mol. The zero-order valence-electron chi connectivity index (χ0n) is 15.9. The molecule has 0 saturated heterocycles. The number of nitrogens with zero attached hydrogens (tertiary/aromatic N) is 4. The van der Waals surface area contributed by atoms with Crippen molar-refractivity contribution in [3.05, 3.63) is 74.6 Å². The third-order valence-electron chi connectivity index (χ3n) is 4.33. The molecule has 0 unspecified atom stereocenters. The molecule has 0 saturated carbocycles. The van der Waals surface area contributed by atoms with E-state index < -0.39 is 4.92 Å². The maximum Gasteiger partial charge on any atom is 0.270 e. The second-order valence-corrected chi connectivity index (χ2v) is 7.58. The van der Waals surface area contributed by atoms with Crippen molar-refractivity contribution in [3.63, 3.8) is 0 Å². The molecule has 8 nitrogen and oxygen atoms in total. The molecular formula is C20H19BrN4O4. The van der Waals surface area contributed by atoms with Gasteiger partial charge in [0.05, 0.1) is 4.92 Å². The van der Waals surface area contributed by atoms with Crippen molar-refractivity contribution in [2.75, 3.05) is 6.54 Å². The van der Waals surface area contributed by atoms with Gasteiger partial charge >= 0.3 is 0 Å². The van der Waals surface area contributed by atoms with Crippen LogP contribution in [0, 0.1) is 10.1 Å². The van der Waals surface area contributed by atoms with Gasteiger partial charge in [-0.05, 0) is 44.2 Å². The first-order valence-electron chi connectivity index (χ1n) is 8.99. The lowest BCUT2D eigenvalue weighted by Gasteiger charge is -2.26. The van der Waals surface area contributed by atoms with Gasteiger partial charge in [0.15, 0.2) is 0 Å². The van der Waals surface area contributed by atoms with E-state index in [2.05, 4.69) is 26.1 Å². The highest BCUT2D eigenvalue weighted by molar-refractivity contribution is 9.10. The number of benzene rings is 2. The molecule has 0 spiro atoms. The molecule has 150 valence electrons. The zero-order valence-corrected chi connectivity index (χ0v) is 17.5. The number of rotatable bonds is 7. The Labute approximate surface area is 175 Å². The van der Waals surface area contributed by atoms with E-state index >= 15 is 0 Å². The van der Waals surface area contributed by atoms with Crippen molar-refractivity contribution in [3.8, 4) is 11.4 Å². The van der Waals surface area contributed by atoms with Crippen LogP contribution in [0.1, 0.15) is 30.1 Å². The Bertz CT molecular complexity index is 1020. The third kappa shape index (κ3) is 5.05. The minimum atomic E-state index is -0.515. The summed E-state index contributed by atoms with van der Waals surface area (Å²) in [7, 11) is 0. The fourth-order valence-electron chi connectivity index (χ4n) is 2.80. The number of carbonyl (C=O) groups is 1. The van der Waals surface area contributed by atoms with Gasteiger partial charge in [-0.2, -0.15) is 4.98 Å². The number of amides is 1. The SMILES string of the molecule is CC(C)N(CCc1nc(-c2ccc(Br)cc2)no1)C(=O)c1cccc([N+](=O)[O-])c1. The predicted octanol–water partition coefficient (Wildman–Crippen LogP) is 4.50. The number of aromatic nitrogens is 2. The van der Waals surface area contributed by atoms with Gasteiger partial charge in [-0.25, -0.2) is 0 Å². The molecule has 0 aliphatic rings. The summed E-state index contributed by atoms with van der Waals surface area (Å²) in [6.07, 6.45) is 0.377. The van der Waals surface area contributed by atoms with Crippen LogP contribution in [0.4, 0.5) is 5.69 Å². The van der Waals surface area contributed by atoms with Gasteiger partial charge in [0, 0.05) is 46.7 Å². The summed E-state index contributed by atoms with van der Waals surface area (Å²) in [5, 5.41) is 15.0. The Hall–Kier alpha value is -3.07. The van der Waals surface area contributed by atoms with E-state index in [1.54, 1.807) is 11.0 Å². The Morgan fingerprint density at radius 2 is 1.97 bits per heavy atom. The maximum absolute atomic E-state index is 12.9. The first-order valence-corrected chi connectivity index (χ1v) is 9.78. The molecule has 3 rings (SSSR count). The van der Waals surface area contributed by atoms with Crippen molar-refractivity contribution in [1.82, 2.24) is 15.0 Å². The summed E-state index contributed by atoms with van der Waals surface area (Å²) in [4.78, 5) is 29.4. The average molecular weight is 459 g/mol. The molecule has 0 atom stereocenters. The highest BCUT2D eigenvalue weighted by Crippen LogP contribution is 2.20. The van der Waals surface area contributed by atoms with Crippen LogP contribution in [0.3, 0.4) is 0 Å². The van der Waals surface area contributed by atoms with Gasteiger partial charge in [-0.1, -0.05) is 27.2 Å². The lowest BCUT2D eigenvalue weighted by molar-refractivity contribution is -0.384. The number of nitro benzene ring substituents is 1. The maximum atomic E-state index is 12.9. The molecule has 0 fully saturated rings. The molecule has 0 aliphatic carbocycles. The molecule has 1 aromatic heterocycles. The van der Waals surface area contributed by atoms with Crippen LogP contribution in [-0.2, 0) is 6.42 Å². The number of carbonyl (C=O) groups excluding carboxylic acids is 1. The van der Waals surface area contributed by atoms with Crippen molar-refractivity contribution >= 4 is 27.5 Å². The number of halogens is 1. The fraction of sp³-hybridized carbons (Fsp3) is 0.250. The standard InChI is InChI=1S/C20H19BrN4O4/c1-13(2)24(20(26)15-4-3-5-17(12-15)25(27)28)11-10-18-22-19(23-29-18)14-6-8-16(21)9-7-14/h3-9,12-13H,10-11H2,1-2H3. The van der Waals surface area contributed by atoms with Crippen LogP contribution < -0.4 is 0 Å². The minimum absolute atomic E-state index is 0.101. The second-order valence-electron chi connectivity index (χ2n) is 6.67. The molecule has 0 radical (unpaired) electrons. The molecule has 0 aliphatic heterocycles. The van der Waals surface area contributed by atoms with E-state index in [1.807, 2.05) is 38.1 Å². The summed E-state index contributed by atoms with van der Waals surface area (Å²) in [6.45, 7) is 4.12. The van der Waals surface area contributed by atoms with Gasteiger partial charge in [0.2, 0.25) is 11.7 Å². The second kappa shape index (κ2) is 8.95. The number of hydrogen-bond donors (Lipinski definition) is 0. The number of non-ortho nitro benzene ring substituents is 1. The van der Waals surface area contributed by atoms with Crippen LogP contribution in [0.25, 0.3) is 11.4 Å². The highest BCUT2D eigenvalue weighted by Gasteiger charge is 2.21. The molecule has 29 heavy (non-hydrogen) atoms. The van der Waals surface area contributed by atoms with Crippen LogP contribution in [0.5, 0.6) is 0 Å². The monoisotopic (exact) mass is 458 g/mol. The smallest absolute Gasteiger partial charge is 0.270 e. The number of nitro groups is 1. The molecule has 2 aromatic carbocycles. The van der Waals surface area contributed by atoms with E-state index in [0.717, 1.165) is 10.0 Å². The summed E-state index contributed by atoms with van der Waals surface area (Å²) in [6, 6.07) is 13.2. The molecular weight excluding hydrogens is 440 g/mol. The lowest BCUT2D eigenvalue weighted by atomic mass is 10.1. The molecule has 0 N–H and O–H groups in total. The van der Waals surface area contributed by atoms with Gasteiger partial charge in [-0.3, -0.25) is 14.9 Å². The third-order valence-corrected chi connectivity index (χ3v) is 4.85. The van der Waals surface area contributed by atoms with Gasteiger partial charge in [-0.15, -0.1) is 0 Å². The highest BCUT2D eigenvalue weighted by atomic mass is 79.9. The van der Waals surface area contributed by atoms with E-state index in [-0.39, 0.29) is 23.2 Å². The quantitative estimate of drug-likeness (QED) is 0.381. The van der Waals surface area contributed by atoms with Crippen LogP contribution in [0.15, 0.2) is 57.5 Å². The van der Waals surface area contributed by atoms with Gasteiger partial charge < -0.3 is 9.42 Å². The zero-order chi connectivity index (χ0) is 21.0. The first-order chi connectivity index (χ1) is 13.8. The fourth-order valence-corrected chi connectivity index (χ4v) is 3.07. The molecule has 9 heteroatoms. The van der Waals surface area contributed by atoms with E-state index in [9.17, 15) is 14.9 Å². The summed E-state index contributed by atoms with van der Waals surface area (Å²) < 4.78 is 6.27. The van der Waals surface area contributed by atoms with Crippen molar-refractivity contribution in [1.29, 1.82) is 0 Å². The molecule has 0 bridgehead atoms. The Kier molecular flexibility index (Phi) is 6.38. The van der Waals surface area contributed by atoms with Crippen LogP contribution >= 0.6 is 15.9 Å². The van der Waals surface area contributed by atoms with Crippen molar-refractivity contribution in [2.24, 2.45) is 0 Å². The van der Waals surface area contributed by atoms with Gasteiger partial charge in [0.25, 0.3) is 11.6 Å². The summed E-state index contributed by atoms with van der Waals surface area (Å²) in [5.74, 6) is 0.616. The van der Waals surface area contributed by atoms with E-state index in [1.165, 1.54) is 18.2 Å². The molecule has 1 amide bonds. The normalized spacial score (nSPS) is 10.9. The Morgan fingerprint density at radius 3 is 2.62 bits per heavy atom. The molecule has 3 aromatic rings. The lowest BCUT2D eigenvalue weighted by Crippen LogP contribution is -2.38. The first kappa shape index (κ1) is 20.7. The van der Waals surface area contributed by atoms with E-state index in [0.29, 0.717) is 24.7 Å². The summed E-state index contributed by atoms with van der Waals surface area (Å²) in [5.41, 5.74) is 0.987. The Balaban J connectivity index is 1.71. The topological polar surface area (TPSA) is 102 Å². The average Bonchev–Trinajstić information content (AvgIpc) is 3.17. The Morgan fingerprint density at radius 1 is 1.24 bits per heavy atom. The van der Waals surface area contributed by atoms with Crippen LogP contribution in [-0.4, -0.2) is 38.5 Å². The number of hydrogen-bond acceptors (Lipinski definition) is 6. The van der Waals surface area contributed by atoms with Crippen molar-refractivity contribution < 1.29 is 14.2 Å². The van der Waals surface area contributed by atoms with Crippen molar-refractivity contribution in [2.45, 2.75) is 26.3 Å². The minimum Gasteiger partial charge on any atom is -0.339 e. The van der Waals surface area contributed by atoms with E-state index in [4.69, 9.17) is 4.52 Å². The van der Waals surface area contributed by atoms with Crippen LogP contribution in [0.2, 0.25) is 0 Å². The largest absolute Gasteiger partial charge is 0.339 e. The van der Waals surface area contributed by atoms with Gasteiger partial charge in [0.1, 0.15) is 0 Å². The molecule has 1 heterocycles.